The molecule has 2 fully saturated rings. The maximum atomic E-state index is 12.5. The molecule has 2 aliphatic heterocycles. The Labute approximate surface area is 185 Å². The third-order valence-electron chi connectivity index (χ3n) is 5.94. The van der Waals surface area contributed by atoms with Gasteiger partial charge in [-0.3, -0.25) is 14.5 Å². The molecule has 158 valence electrons. The van der Waals surface area contributed by atoms with Gasteiger partial charge in [-0.2, -0.15) is 0 Å². The summed E-state index contributed by atoms with van der Waals surface area (Å²) >= 11 is 3.35. The second-order valence-corrected chi connectivity index (χ2v) is 9.01. The first-order valence-electron chi connectivity index (χ1n) is 10.6. The normalized spacial score (nSPS) is 17.8. The quantitative estimate of drug-likeness (QED) is 0.718. The predicted molar refractivity (Wildman–Crippen MR) is 120 cm³/mol. The van der Waals surface area contributed by atoms with Gasteiger partial charge in [0.15, 0.2) is 0 Å². The number of halogens is 1. The summed E-state index contributed by atoms with van der Waals surface area (Å²) in [5.74, 6) is 0.807. The van der Waals surface area contributed by atoms with Crippen LogP contribution in [0.2, 0.25) is 0 Å². The standard InChI is InChI=1S/C23H27BrN4O2/c24-20-7-8-21(25-15-20)26-22(29)18-9-13-27(14-10-18)16-17-3-5-19(6-4-17)23(30)28-11-1-2-12-28/h3-8,15,18H,1-2,9-14,16H2,(H,25,26,29). The van der Waals surface area contributed by atoms with E-state index in [0.29, 0.717) is 5.82 Å². The molecule has 0 bridgehead atoms. The van der Waals surface area contributed by atoms with E-state index in [4.69, 9.17) is 0 Å². The van der Waals surface area contributed by atoms with E-state index in [1.54, 1.807) is 12.3 Å². The number of nitrogens with one attached hydrogen (secondary N) is 1. The van der Waals surface area contributed by atoms with Gasteiger partial charge in [0, 0.05) is 41.8 Å². The average molecular weight is 471 g/mol. The molecule has 2 aromatic rings. The first-order chi connectivity index (χ1) is 14.6. The van der Waals surface area contributed by atoms with Gasteiger partial charge >= 0.3 is 0 Å². The third kappa shape index (κ3) is 5.26. The number of aromatic nitrogens is 1. The van der Waals surface area contributed by atoms with Gasteiger partial charge in [-0.1, -0.05) is 12.1 Å². The summed E-state index contributed by atoms with van der Waals surface area (Å²) in [6, 6.07) is 11.7. The Kier molecular flexibility index (Phi) is 6.79. The van der Waals surface area contributed by atoms with Crippen LogP contribution in [-0.2, 0) is 11.3 Å². The van der Waals surface area contributed by atoms with Crippen LogP contribution in [0.3, 0.4) is 0 Å². The fourth-order valence-corrected chi connectivity index (χ4v) is 4.38. The zero-order valence-electron chi connectivity index (χ0n) is 17.0. The van der Waals surface area contributed by atoms with Gasteiger partial charge in [-0.15, -0.1) is 0 Å². The van der Waals surface area contributed by atoms with Crippen molar-refractivity contribution < 1.29 is 9.59 Å². The fraction of sp³-hybridized carbons (Fsp3) is 0.435. The van der Waals surface area contributed by atoms with Crippen molar-refractivity contribution >= 4 is 33.6 Å². The van der Waals surface area contributed by atoms with Gasteiger partial charge < -0.3 is 10.2 Å². The summed E-state index contributed by atoms with van der Waals surface area (Å²) in [6.07, 6.45) is 5.58. The van der Waals surface area contributed by atoms with E-state index >= 15 is 0 Å². The Bertz CT molecular complexity index is 871. The molecule has 1 aromatic carbocycles. The highest BCUT2D eigenvalue weighted by molar-refractivity contribution is 9.10. The van der Waals surface area contributed by atoms with E-state index in [0.717, 1.165) is 68.4 Å². The molecule has 0 unspecified atom stereocenters. The third-order valence-corrected chi connectivity index (χ3v) is 6.41. The lowest BCUT2D eigenvalue weighted by Crippen LogP contribution is -2.37. The number of piperidine rings is 1. The number of hydrogen-bond acceptors (Lipinski definition) is 4. The Morgan fingerprint density at radius 2 is 1.70 bits per heavy atom. The number of carbonyl (C=O) groups excluding carboxylic acids is 2. The summed E-state index contributed by atoms with van der Waals surface area (Å²) in [7, 11) is 0. The lowest BCUT2D eigenvalue weighted by atomic mass is 9.95. The van der Waals surface area contributed by atoms with Crippen molar-refractivity contribution in [2.24, 2.45) is 5.92 Å². The lowest BCUT2D eigenvalue weighted by molar-refractivity contribution is -0.121. The minimum atomic E-state index is 0.0205. The lowest BCUT2D eigenvalue weighted by Gasteiger charge is -2.31. The van der Waals surface area contributed by atoms with Crippen LogP contribution in [0, 0.1) is 5.92 Å². The van der Waals surface area contributed by atoms with Crippen molar-refractivity contribution in [3.8, 4) is 0 Å². The summed E-state index contributed by atoms with van der Waals surface area (Å²) in [5.41, 5.74) is 1.98. The highest BCUT2D eigenvalue weighted by Crippen LogP contribution is 2.21. The number of carbonyl (C=O) groups is 2. The minimum Gasteiger partial charge on any atom is -0.339 e. The van der Waals surface area contributed by atoms with Crippen LogP contribution >= 0.6 is 15.9 Å². The van der Waals surface area contributed by atoms with Crippen molar-refractivity contribution in [1.29, 1.82) is 0 Å². The summed E-state index contributed by atoms with van der Waals surface area (Å²) in [4.78, 5) is 33.5. The van der Waals surface area contributed by atoms with E-state index in [9.17, 15) is 9.59 Å². The van der Waals surface area contributed by atoms with E-state index < -0.39 is 0 Å². The molecule has 0 atom stereocenters. The largest absolute Gasteiger partial charge is 0.339 e. The van der Waals surface area contributed by atoms with Gasteiger partial charge in [0.25, 0.3) is 5.91 Å². The predicted octanol–water partition coefficient (Wildman–Crippen LogP) is 3.93. The molecular weight excluding hydrogens is 444 g/mol. The summed E-state index contributed by atoms with van der Waals surface area (Å²) < 4.78 is 0.891. The zero-order chi connectivity index (χ0) is 20.9. The van der Waals surface area contributed by atoms with Gasteiger partial charge in [0.05, 0.1) is 0 Å². The molecule has 2 saturated heterocycles. The maximum Gasteiger partial charge on any atom is 0.253 e. The number of nitrogens with zero attached hydrogens (tertiary/aromatic N) is 3. The Morgan fingerprint density at radius 1 is 1.00 bits per heavy atom. The molecule has 4 rings (SSSR count). The van der Waals surface area contributed by atoms with E-state index in [2.05, 4.69) is 43.3 Å². The number of benzene rings is 1. The van der Waals surface area contributed by atoms with Gasteiger partial charge in [-0.25, -0.2) is 4.98 Å². The number of rotatable bonds is 5. The molecule has 1 aromatic heterocycles. The Hall–Kier alpha value is -2.25. The minimum absolute atomic E-state index is 0.0205. The first-order valence-corrected chi connectivity index (χ1v) is 11.4. The molecule has 6 nitrogen and oxygen atoms in total. The SMILES string of the molecule is O=C(Nc1ccc(Br)cn1)C1CCN(Cc2ccc(C(=O)N3CCCC3)cc2)CC1. The molecule has 30 heavy (non-hydrogen) atoms. The van der Waals surface area contributed by atoms with Gasteiger partial charge in [-0.05, 0) is 84.5 Å². The topological polar surface area (TPSA) is 65.5 Å². The molecule has 2 aliphatic rings. The van der Waals surface area contributed by atoms with Crippen LogP contribution in [0.5, 0.6) is 0 Å². The Balaban J connectivity index is 1.24. The smallest absolute Gasteiger partial charge is 0.253 e. The van der Waals surface area contributed by atoms with Crippen molar-refractivity contribution in [1.82, 2.24) is 14.8 Å². The fourth-order valence-electron chi connectivity index (χ4n) is 4.15. The number of anilines is 1. The molecule has 7 heteroatoms. The molecule has 3 heterocycles. The van der Waals surface area contributed by atoms with Crippen molar-refractivity contribution in [3.63, 3.8) is 0 Å². The molecule has 0 radical (unpaired) electrons. The monoisotopic (exact) mass is 470 g/mol. The number of likely N-dealkylation sites (tertiary alicyclic amines) is 2. The number of pyridine rings is 1. The van der Waals surface area contributed by atoms with E-state index in [1.807, 2.05) is 23.1 Å². The van der Waals surface area contributed by atoms with Crippen LogP contribution in [0.4, 0.5) is 5.82 Å². The van der Waals surface area contributed by atoms with Crippen LogP contribution in [0.15, 0.2) is 47.1 Å². The molecule has 0 spiro atoms. The highest BCUT2D eigenvalue weighted by Gasteiger charge is 2.25. The summed E-state index contributed by atoms with van der Waals surface area (Å²) in [6.45, 7) is 4.38. The highest BCUT2D eigenvalue weighted by atomic mass is 79.9. The molecule has 2 amide bonds. The van der Waals surface area contributed by atoms with E-state index in [-0.39, 0.29) is 17.7 Å². The van der Waals surface area contributed by atoms with Crippen LogP contribution in [0.1, 0.15) is 41.6 Å². The average Bonchev–Trinajstić information content (AvgIpc) is 3.31. The molecule has 0 saturated carbocycles. The summed E-state index contributed by atoms with van der Waals surface area (Å²) in [5, 5.41) is 2.92. The van der Waals surface area contributed by atoms with Gasteiger partial charge in [0.1, 0.15) is 5.82 Å². The Morgan fingerprint density at radius 3 is 2.33 bits per heavy atom. The second-order valence-electron chi connectivity index (χ2n) is 8.10. The van der Waals surface area contributed by atoms with Crippen LogP contribution in [0.25, 0.3) is 0 Å². The number of hydrogen-bond donors (Lipinski definition) is 1. The number of amides is 2. The van der Waals surface area contributed by atoms with Crippen molar-refractivity contribution in [2.75, 3.05) is 31.5 Å². The second kappa shape index (κ2) is 9.71. The van der Waals surface area contributed by atoms with Crippen molar-refractivity contribution in [2.45, 2.75) is 32.2 Å². The molecule has 0 aliphatic carbocycles. The first kappa shape index (κ1) is 21.0. The van der Waals surface area contributed by atoms with Crippen LogP contribution < -0.4 is 5.32 Å². The van der Waals surface area contributed by atoms with Crippen molar-refractivity contribution in [3.05, 3.63) is 58.2 Å². The maximum absolute atomic E-state index is 12.5. The van der Waals surface area contributed by atoms with Gasteiger partial charge in [0.2, 0.25) is 5.91 Å². The molecule has 1 N–H and O–H groups in total. The zero-order valence-corrected chi connectivity index (χ0v) is 18.6. The van der Waals surface area contributed by atoms with E-state index in [1.165, 1.54) is 5.56 Å². The van der Waals surface area contributed by atoms with Crippen LogP contribution in [-0.4, -0.2) is 52.8 Å². The molecular formula is C23H27BrN4O2.